The highest BCUT2D eigenvalue weighted by Crippen LogP contribution is 2.37. The molecule has 2 saturated heterocycles. The molecule has 2 atom stereocenters. The van der Waals surface area contributed by atoms with E-state index in [4.69, 9.17) is 9.47 Å². The molecule has 2 aliphatic heterocycles. The molecule has 0 aromatic carbocycles. The van der Waals surface area contributed by atoms with Gasteiger partial charge in [0.05, 0.1) is 24.9 Å². The minimum atomic E-state index is 0.00473. The zero-order valence-electron chi connectivity index (χ0n) is 14.1. The predicted octanol–water partition coefficient (Wildman–Crippen LogP) is 3.40. The summed E-state index contributed by atoms with van der Waals surface area (Å²) in [5.74, 6) is 0. The number of thiophene rings is 1. The fourth-order valence-electron chi connectivity index (χ4n) is 3.72. The van der Waals surface area contributed by atoms with Gasteiger partial charge in [0.15, 0.2) is 0 Å². The average Bonchev–Trinajstić information content (AvgIpc) is 3.30. The van der Waals surface area contributed by atoms with E-state index in [-0.39, 0.29) is 11.7 Å². The summed E-state index contributed by atoms with van der Waals surface area (Å²) in [7, 11) is 0. The number of aryl methyl sites for hydroxylation is 1. The minimum absolute atomic E-state index is 0.00473. The molecule has 0 bridgehead atoms. The van der Waals surface area contributed by atoms with Crippen LogP contribution in [0.4, 0.5) is 0 Å². The van der Waals surface area contributed by atoms with Crippen LogP contribution in [-0.2, 0) is 22.6 Å². The van der Waals surface area contributed by atoms with Crippen molar-refractivity contribution in [3.8, 4) is 0 Å². The molecule has 4 rings (SSSR count). The molecule has 0 radical (unpaired) electrons. The summed E-state index contributed by atoms with van der Waals surface area (Å²) in [6.07, 6.45) is 5.98. The maximum absolute atomic E-state index is 6.20. The zero-order chi connectivity index (χ0) is 16.4. The van der Waals surface area contributed by atoms with E-state index >= 15 is 0 Å². The molecule has 0 amide bonds. The van der Waals surface area contributed by atoms with Crippen LogP contribution < -0.4 is 0 Å². The van der Waals surface area contributed by atoms with Crippen LogP contribution in [-0.4, -0.2) is 41.3 Å². The van der Waals surface area contributed by atoms with E-state index in [0.717, 1.165) is 38.0 Å². The van der Waals surface area contributed by atoms with Crippen molar-refractivity contribution < 1.29 is 9.47 Å². The van der Waals surface area contributed by atoms with Gasteiger partial charge in [-0.2, -0.15) is 0 Å². The van der Waals surface area contributed by atoms with Crippen LogP contribution in [0.1, 0.15) is 28.8 Å². The van der Waals surface area contributed by atoms with Gasteiger partial charge in [0.1, 0.15) is 0 Å². The van der Waals surface area contributed by atoms with Crippen molar-refractivity contribution in [2.24, 2.45) is 0 Å². The van der Waals surface area contributed by atoms with Gasteiger partial charge in [-0.3, -0.25) is 9.88 Å². The quantitative estimate of drug-likeness (QED) is 0.833. The molecule has 1 spiro atoms. The largest absolute Gasteiger partial charge is 0.371 e. The third kappa shape index (κ3) is 3.54. The summed E-state index contributed by atoms with van der Waals surface area (Å²) in [5, 5.41) is 2.19. The van der Waals surface area contributed by atoms with E-state index in [1.807, 2.05) is 23.6 Å². The number of rotatable bonds is 5. The number of likely N-dealkylation sites (tertiary alicyclic amines) is 1. The Morgan fingerprint density at radius 2 is 2.42 bits per heavy atom. The van der Waals surface area contributed by atoms with Gasteiger partial charge in [0.25, 0.3) is 0 Å². The SMILES string of the molecule is Cc1ccsc1CN1CC[C@]2(C[C@H](OCc3cccnc3)CO2)C1. The minimum Gasteiger partial charge on any atom is -0.371 e. The highest BCUT2D eigenvalue weighted by Gasteiger charge is 2.45. The molecule has 2 fully saturated rings. The Balaban J connectivity index is 1.29. The molecule has 0 saturated carbocycles. The molecule has 4 heterocycles. The molecular weight excluding hydrogens is 320 g/mol. The first kappa shape index (κ1) is 16.2. The number of ether oxygens (including phenoxy) is 2. The summed E-state index contributed by atoms with van der Waals surface area (Å²) >= 11 is 1.86. The van der Waals surface area contributed by atoms with E-state index in [9.17, 15) is 0 Å². The highest BCUT2D eigenvalue weighted by atomic mass is 32.1. The van der Waals surface area contributed by atoms with Crippen LogP contribution in [0.5, 0.6) is 0 Å². The van der Waals surface area contributed by atoms with Gasteiger partial charge < -0.3 is 9.47 Å². The standard InChI is InChI=1S/C19H24N2O2S/c1-15-4-8-24-18(15)11-21-7-5-19(14-21)9-17(13-23-19)22-12-16-3-2-6-20-10-16/h2-4,6,8,10,17H,5,7,9,11-14H2,1H3/t17-,19-/m0/s1. The smallest absolute Gasteiger partial charge is 0.0847 e. The maximum Gasteiger partial charge on any atom is 0.0847 e. The second kappa shape index (κ2) is 6.92. The Hall–Kier alpha value is -1.27. The van der Waals surface area contributed by atoms with Crippen molar-refractivity contribution >= 4 is 11.3 Å². The van der Waals surface area contributed by atoms with E-state index < -0.39 is 0 Å². The van der Waals surface area contributed by atoms with Gasteiger partial charge >= 0.3 is 0 Å². The predicted molar refractivity (Wildman–Crippen MR) is 95.1 cm³/mol. The lowest BCUT2D eigenvalue weighted by molar-refractivity contribution is -0.000418. The Morgan fingerprint density at radius 3 is 3.21 bits per heavy atom. The van der Waals surface area contributed by atoms with E-state index in [1.165, 1.54) is 10.4 Å². The summed E-state index contributed by atoms with van der Waals surface area (Å²) in [6.45, 7) is 6.73. The number of nitrogens with zero attached hydrogens (tertiary/aromatic N) is 2. The number of hydrogen-bond acceptors (Lipinski definition) is 5. The lowest BCUT2D eigenvalue weighted by Crippen LogP contribution is -2.32. The van der Waals surface area contributed by atoms with E-state index in [2.05, 4.69) is 34.3 Å². The topological polar surface area (TPSA) is 34.6 Å². The average molecular weight is 344 g/mol. The lowest BCUT2D eigenvalue weighted by Gasteiger charge is -2.23. The molecular formula is C19H24N2O2S. The Morgan fingerprint density at radius 1 is 1.46 bits per heavy atom. The fourth-order valence-corrected chi connectivity index (χ4v) is 4.67. The second-order valence-corrected chi connectivity index (χ2v) is 7.98. The van der Waals surface area contributed by atoms with E-state index in [1.54, 1.807) is 6.20 Å². The van der Waals surface area contributed by atoms with Crippen molar-refractivity contribution in [1.29, 1.82) is 0 Å². The van der Waals surface area contributed by atoms with Gasteiger partial charge in [0, 0.05) is 43.3 Å². The molecule has 128 valence electrons. The van der Waals surface area contributed by atoms with Gasteiger partial charge in [-0.05, 0) is 42.0 Å². The number of hydrogen-bond donors (Lipinski definition) is 0. The van der Waals surface area contributed by atoms with Crippen molar-refractivity contribution in [1.82, 2.24) is 9.88 Å². The van der Waals surface area contributed by atoms with Gasteiger partial charge in [-0.1, -0.05) is 6.07 Å². The maximum atomic E-state index is 6.20. The van der Waals surface area contributed by atoms with Crippen molar-refractivity contribution in [2.75, 3.05) is 19.7 Å². The number of aromatic nitrogens is 1. The Labute approximate surface area is 147 Å². The first-order chi connectivity index (χ1) is 11.7. The monoisotopic (exact) mass is 344 g/mol. The van der Waals surface area contributed by atoms with Crippen LogP contribution in [0.3, 0.4) is 0 Å². The zero-order valence-corrected chi connectivity index (χ0v) is 14.9. The summed E-state index contributed by atoms with van der Waals surface area (Å²) < 4.78 is 12.3. The van der Waals surface area contributed by atoms with Gasteiger partial charge in [-0.15, -0.1) is 11.3 Å². The second-order valence-electron chi connectivity index (χ2n) is 6.98. The molecule has 24 heavy (non-hydrogen) atoms. The molecule has 2 aromatic heterocycles. The van der Waals surface area contributed by atoms with Crippen molar-refractivity contribution in [3.63, 3.8) is 0 Å². The molecule has 2 aliphatic rings. The third-order valence-electron chi connectivity index (χ3n) is 5.11. The van der Waals surface area contributed by atoms with Gasteiger partial charge in [-0.25, -0.2) is 0 Å². The number of pyridine rings is 1. The van der Waals surface area contributed by atoms with Crippen molar-refractivity contribution in [2.45, 2.75) is 44.6 Å². The lowest BCUT2D eigenvalue weighted by atomic mass is 9.98. The summed E-state index contributed by atoms with van der Waals surface area (Å²) in [4.78, 5) is 8.15. The summed E-state index contributed by atoms with van der Waals surface area (Å²) in [5.41, 5.74) is 2.54. The molecule has 4 nitrogen and oxygen atoms in total. The highest BCUT2D eigenvalue weighted by molar-refractivity contribution is 7.10. The fraction of sp³-hybridized carbons (Fsp3) is 0.526. The van der Waals surface area contributed by atoms with Crippen LogP contribution >= 0.6 is 11.3 Å². The van der Waals surface area contributed by atoms with Crippen LogP contribution in [0.15, 0.2) is 36.0 Å². The Kier molecular flexibility index (Phi) is 4.68. The van der Waals surface area contributed by atoms with E-state index in [0.29, 0.717) is 13.2 Å². The first-order valence-electron chi connectivity index (χ1n) is 8.62. The van der Waals surface area contributed by atoms with Crippen molar-refractivity contribution in [3.05, 3.63) is 52.0 Å². The molecule has 0 unspecified atom stereocenters. The summed E-state index contributed by atoms with van der Waals surface area (Å²) in [6, 6.07) is 6.21. The first-order valence-corrected chi connectivity index (χ1v) is 9.50. The third-order valence-corrected chi connectivity index (χ3v) is 6.12. The van der Waals surface area contributed by atoms with Gasteiger partial charge in [0.2, 0.25) is 0 Å². The molecule has 5 heteroatoms. The molecule has 0 aliphatic carbocycles. The molecule has 2 aromatic rings. The van der Waals surface area contributed by atoms with Crippen LogP contribution in [0, 0.1) is 6.92 Å². The Bertz CT molecular complexity index is 675. The van der Waals surface area contributed by atoms with Crippen LogP contribution in [0.2, 0.25) is 0 Å². The van der Waals surface area contributed by atoms with Crippen LogP contribution in [0.25, 0.3) is 0 Å². The normalized spacial score (nSPS) is 27.3. The molecule has 0 N–H and O–H groups in total.